The second-order valence-electron chi connectivity index (χ2n) is 5.21. The van der Waals surface area contributed by atoms with E-state index in [1.165, 1.54) is 16.7 Å². The first-order chi connectivity index (χ1) is 7.41. The van der Waals surface area contributed by atoms with Crippen LogP contribution in [0.5, 0.6) is 0 Å². The Morgan fingerprint density at radius 3 is 2.12 bits per heavy atom. The molecular weight excluding hydrogens is 216 g/mol. The number of aryl methyl sites for hydroxylation is 2. The molecule has 2 unspecified atom stereocenters. The Bertz CT molecular complexity index is 331. The number of hydrogen-bond donors (Lipinski definition) is 0. The number of halogens is 1. The summed E-state index contributed by atoms with van der Waals surface area (Å²) in [6, 6.07) is 6.74. The van der Waals surface area contributed by atoms with Gasteiger partial charge in [-0.1, -0.05) is 32.0 Å². The van der Waals surface area contributed by atoms with Gasteiger partial charge in [0.2, 0.25) is 0 Å². The van der Waals surface area contributed by atoms with E-state index in [1.54, 1.807) is 0 Å². The van der Waals surface area contributed by atoms with Crippen LogP contribution in [0.25, 0.3) is 0 Å². The van der Waals surface area contributed by atoms with Crippen molar-refractivity contribution in [3.63, 3.8) is 0 Å². The third kappa shape index (κ3) is 3.52. The molecule has 90 valence electrons. The van der Waals surface area contributed by atoms with Crippen molar-refractivity contribution in [3.05, 3.63) is 34.9 Å². The van der Waals surface area contributed by atoms with Crippen LogP contribution in [0.15, 0.2) is 18.2 Å². The summed E-state index contributed by atoms with van der Waals surface area (Å²) in [5.74, 6) is 1.19. The van der Waals surface area contributed by atoms with Crippen molar-refractivity contribution in [2.45, 2.75) is 46.4 Å². The summed E-state index contributed by atoms with van der Waals surface area (Å²) in [6.07, 6.45) is 1.09. The van der Waals surface area contributed by atoms with E-state index in [1.807, 2.05) is 0 Å². The zero-order valence-electron chi connectivity index (χ0n) is 11.0. The zero-order chi connectivity index (χ0) is 12.3. The topological polar surface area (TPSA) is 0 Å². The van der Waals surface area contributed by atoms with E-state index in [-0.39, 0.29) is 5.38 Å². The molecule has 0 radical (unpaired) electrons. The first-order valence-corrected chi connectivity index (χ1v) is 6.55. The van der Waals surface area contributed by atoms with Crippen molar-refractivity contribution >= 4 is 11.6 Å². The van der Waals surface area contributed by atoms with Crippen LogP contribution < -0.4 is 0 Å². The van der Waals surface area contributed by atoms with Gasteiger partial charge in [-0.05, 0) is 55.7 Å². The van der Waals surface area contributed by atoms with Crippen LogP contribution in [-0.4, -0.2) is 5.38 Å². The maximum absolute atomic E-state index is 6.26. The van der Waals surface area contributed by atoms with Gasteiger partial charge in [0.1, 0.15) is 0 Å². The third-order valence-corrected chi connectivity index (χ3v) is 3.81. The number of hydrogen-bond acceptors (Lipinski definition) is 0. The maximum Gasteiger partial charge on any atom is 0.0341 e. The summed E-state index contributed by atoms with van der Waals surface area (Å²) in [7, 11) is 0. The molecule has 0 bridgehead atoms. The molecule has 1 rings (SSSR count). The molecule has 0 amide bonds. The van der Waals surface area contributed by atoms with Crippen LogP contribution in [0.4, 0.5) is 0 Å². The summed E-state index contributed by atoms with van der Waals surface area (Å²) in [6.45, 7) is 10.9. The molecule has 0 N–H and O–H groups in total. The zero-order valence-corrected chi connectivity index (χ0v) is 11.8. The molecule has 1 heteroatoms. The van der Waals surface area contributed by atoms with Gasteiger partial charge in [0.15, 0.2) is 0 Å². The second-order valence-corrected chi connectivity index (χ2v) is 5.90. The Morgan fingerprint density at radius 1 is 1.06 bits per heavy atom. The summed E-state index contributed by atoms with van der Waals surface area (Å²) in [5.41, 5.74) is 4.15. The molecule has 1 aromatic carbocycles. The van der Waals surface area contributed by atoms with Crippen molar-refractivity contribution < 1.29 is 0 Å². The highest BCUT2D eigenvalue weighted by Gasteiger charge is 2.19. The highest BCUT2D eigenvalue weighted by atomic mass is 35.5. The molecule has 1 aromatic rings. The normalized spacial score (nSPS) is 15.2. The molecule has 0 aromatic heterocycles. The lowest BCUT2D eigenvalue weighted by Crippen LogP contribution is -2.20. The van der Waals surface area contributed by atoms with Gasteiger partial charge in [-0.3, -0.25) is 0 Å². The van der Waals surface area contributed by atoms with Crippen LogP contribution in [0.3, 0.4) is 0 Å². The SMILES string of the molecule is Cc1ccc(CC(C(C)C)C(C)Cl)cc1C. The third-order valence-electron chi connectivity index (χ3n) is 3.49. The fraction of sp³-hybridized carbons (Fsp3) is 0.600. The summed E-state index contributed by atoms with van der Waals surface area (Å²) < 4.78 is 0. The van der Waals surface area contributed by atoms with Crippen LogP contribution in [0.1, 0.15) is 37.5 Å². The number of rotatable bonds is 4. The Kier molecular flexibility index (Phi) is 4.86. The fourth-order valence-corrected chi connectivity index (χ4v) is 2.51. The summed E-state index contributed by atoms with van der Waals surface area (Å²) in [5, 5.41) is 0.238. The smallest absolute Gasteiger partial charge is 0.0341 e. The molecule has 0 aliphatic heterocycles. The number of benzene rings is 1. The van der Waals surface area contributed by atoms with Crippen molar-refractivity contribution in [1.29, 1.82) is 0 Å². The van der Waals surface area contributed by atoms with Crippen molar-refractivity contribution in [1.82, 2.24) is 0 Å². The lowest BCUT2D eigenvalue weighted by molar-refractivity contribution is 0.376. The van der Waals surface area contributed by atoms with E-state index < -0.39 is 0 Å². The van der Waals surface area contributed by atoms with E-state index in [0.29, 0.717) is 11.8 Å². The van der Waals surface area contributed by atoms with Gasteiger partial charge in [0.05, 0.1) is 0 Å². The average Bonchev–Trinajstić information content (AvgIpc) is 2.18. The fourth-order valence-electron chi connectivity index (χ4n) is 2.13. The maximum atomic E-state index is 6.26. The monoisotopic (exact) mass is 238 g/mol. The molecule has 0 spiro atoms. The predicted molar refractivity (Wildman–Crippen MR) is 73.3 cm³/mol. The van der Waals surface area contributed by atoms with E-state index >= 15 is 0 Å². The second kappa shape index (κ2) is 5.72. The Labute approximate surface area is 105 Å². The van der Waals surface area contributed by atoms with Crippen LogP contribution >= 0.6 is 11.6 Å². The Balaban J connectivity index is 2.81. The minimum absolute atomic E-state index is 0.238. The highest BCUT2D eigenvalue weighted by Crippen LogP contribution is 2.25. The predicted octanol–water partition coefficient (Wildman–Crippen LogP) is 4.75. The molecule has 0 saturated carbocycles. The average molecular weight is 239 g/mol. The van der Waals surface area contributed by atoms with Gasteiger partial charge >= 0.3 is 0 Å². The van der Waals surface area contributed by atoms with E-state index in [0.717, 1.165) is 6.42 Å². The van der Waals surface area contributed by atoms with Gasteiger partial charge in [0, 0.05) is 5.38 Å². The van der Waals surface area contributed by atoms with Gasteiger partial charge in [-0.15, -0.1) is 11.6 Å². The molecule has 0 heterocycles. The van der Waals surface area contributed by atoms with Gasteiger partial charge in [0.25, 0.3) is 0 Å². The van der Waals surface area contributed by atoms with E-state index in [4.69, 9.17) is 11.6 Å². The first kappa shape index (κ1) is 13.6. The van der Waals surface area contributed by atoms with E-state index in [2.05, 4.69) is 52.8 Å². The molecule has 0 aliphatic carbocycles. The highest BCUT2D eigenvalue weighted by molar-refractivity contribution is 6.20. The minimum Gasteiger partial charge on any atom is -0.123 e. The largest absolute Gasteiger partial charge is 0.123 e. The summed E-state index contributed by atoms with van der Waals surface area (Å²) in [4.78, 5) is 0. The lowest BCUT2D eigenvalue weighted by atomic mass is 9.86. The standard InChI is InChI=1S/C15H23Cl/c1-10(2)15(13(5)16)9-14-7-6-11(3)12(4)8-14/h6-8,10,13,15H,9H2,1-5H3. The first-order valence-electron chi connectivity index (χ1n) is 6.12. The Morgan fingerprint density at radius 2 is 1.69 bits per heavy atom. The molecular formula is C15H23Cl. The van der Waals surface area contributed by atoms with Crippen LogP contribution in [0.2, 0.25) is 0 Å². The Hall–Kier alpha value is -0.490. The molecule has 2 atom stereocenters. The van der Waals surface area contributed by atoms with Crippen LogP contribution in [0, 0.1) is 25.7 Å². The van der Waals surface area contributed by atoms with Crippen molar-refractivity contribution in [2.24, 2.45) is 11.8 Å². The molecule has 0 nitrogen and oxygen atoms in total. The van der Waals surface area contributed by atoms with Gasteiger partial charge in [-0.25, -0.2) is 0 Å². The number of alkyl halides is 1. The van der Waals surface area contributed by atoms with Crippen molar-refractivity contribution in [2.75, 3.05) is 0 Å². The molecule has 16 heavy (non-hydrogen) atoms. The summed E-state index contributed by atoms with van der Waals surface area (Å²) >= 11 is 6.26. The quantitative estimate of drug-likeness (QED) is 0.665. The molecule has 0 aliphatic rings. The van der Waals surface area contributed by atoms with Gasteiger partial charge in [-0.2, -0.15) is 0 Å². The van der Waals surface area contributed by atoms with Crippen molar-refractivity contribution in [3.8, 4) is 0 Å². The van der Waals surface area contributed by atoms with E-state index in [9.17, 15) is 0 Å². The van der Waals surface area contributed by atoms with Crippen LogP contribution in [-0.2, 0) is 6.42 Å². The minimum atomic E-state index is 0.238. The molecule has 0 saturated heterocycles. The molecule has 0 fully saturated rings. The van der Waals surface area contributed by atoms with Gasteiger partial charge < -0.3 is 0 Å². The lowest BCUT2D eigenvalue weighted by Gasteiger charge is -2.23.